The van der Waals surface area contributed by atoms with Crippen molar-refractivity contribution in [2.24, 2.45) is 0 Å². The van der Waals surface area contributed by atoms with Gasteiger partial charge in [0.2, 0.25) is 0 Å². The molecule has 19 heavy (non-hydrogen) atoms. The zero-order valence-corrected chi connectivity index (χ0v) is 12.0. The van der Waals surface area contributed by atoms with E-state index in [1.807, 2.05) is 19.2 Å². The lowest BCUT2D eigenvalue weighted by Crippen LogP contribution is -1.98. The molecule has 3 aromatic rings. The molecule has 4 heteroatoms. The summed E-state index contributed by atoms with van der Waals surface area (Å²) in [5.74, 6) is 1.68. The van der Waals surface area contributed by atoms with Crippen LogP contribution in [-0.4, -0.2) is 17.0 Å². The van der Waals surface area contributed by atoms with Crippen molar-refractivity contribution in [3.8, 4) is 11.4 Å². The molecule has 2 heterocycles. The molecule has 1 aromatic carbocycles. The molecule has 3 rings (SSSR count). The summed E-state index contributed by atoms with van der Waals surface area (Å²) in [5, 5.41) is 4.27. The van der Waals surface area contributed by atoms with E-state index in [2.05, 4.69) is 42.3 Å². The molecule has 0 fully saturated rings. The van der Waals surface area contributed by atoms with Crippen molar-refractivity contribution in [1.29, 1.82) is 0 Å². The van der Waals surface area contributed by atoms with E-state index in [-0.39, 0.29) is 0 Å². The third-order valence-corrected chi connectivity index (χ3v) is 4.08. The summed E-state index contributed by atoms with van der Waals surface area (Å²) >= 11 is 1.71. The van der Waals surface area contributed by atoms with Crippen LogP contribution in [0.2, 0.25) is 0 Å². The smallest absolute Gasteiger partial charge is 0.163 e. The van der Waals surface area contributed by atoms with Crippen LogP contribution < -0.4 is 5.32 Å². The highest BCUT2D eigenvalue weighted by molar-refractivity contribution is 7.18. The molecule has 0 saturated heterocycles. The standard InChI is InChI=1S/C15H15N3S/c1-9-6-4-5-7-11(9)14-17-13(16-3)12-8-10(2)19-15(12)18-14/h4-8H,1-3H3,(H,16,17,18). The van der Waals surface area contributed by atoms with Gasteiger partial charge in [-0.15, -0.1) is 11.3 Å². The van der Waals surface area contributed by atoms with Crippen LogP contribution >= 0.6 is 11.3 Å². The number of fused-ring (bicyclic) bond motifs is 1. The maximum absolute atomic E-state index is 4.70. The lowest BCUT2D eigenvalue weighted by molar-refractivity contribution is 1.21. The summed E-state index contributed by atoms with van der Waals surface area (Å²) in [6, 6.07) is 10.3. The summed E-state index contributed by atoms with van der Waals surface area (Å²) in [6.07, 6.45) is 0. The molecule has 0 bridgehead atoms. The Labute approximate surface area is 116 Å². The summed E-state index contributed by atoms with van der Waals surface area (Å²) in [4.78, 5) is 11.6. The number of nitrogens with zero attached hydrogens (tertiary/aromatic N) is 2. The maximum Gasteiger partial charge on any atom is 0.163 e. The molecule has 2 aromatic heterocycles. The quantitative estimate of drug-likeness (QED) is 0.763. The number of hydrogen-bond acceptors (Lipinski definition) is 4. The number of anilines is 1. The van der Waals surface area contributed by atoms with Gasteiger partial charge in [-0.3, -0.25) is 0 Å². The summed E-state index contributed by atoms with van der Waals surface area (Å²) in [6.45, 7) is 4.18. The largest absolute Gasteiger partial charge is 0.372 e. The van der Waals surface area contributed by atoms with Crippen molar-refractivity contribution >= 4 is 27.4 Å². The molecule has 0 spiro atoms. The minimum Gasteiger partial charge on any atom is -0.372 e. The third-order valence-electron chi connectivity index (χ3n) is 3.14. The predicted octanol–water partition coefficient (Wildman–Crippen LogP) is 4.02. The molecule has 0 saturated carbocycles. The molecular formula is C15H15N3S. The SMILES string of the molecule is CNc1nc(-c2ccccc2C)nc2sc(C)cc12. The van der Waals surface area contributed by atoms with Crippen molar-refractivity contribution in [2.45, 2.75) is 13.8 Å². The van der Waals surface area contributed by atoms with Gasteiger partial charge in [0.1, 0.15) is 10.6 Å². The maximum atomic E-state index is 4.70. The Bertz CT molecular complexity index is 746. The first kappa shape index (κ1) is 12.1. The number of thiophene rings is 1. The van der Waals surface area contributed by atoms with Gasteiger partial charge >= 0.3 is 0 Å². The van der Waals surface area contributed by atoms with Gasteiger partial charge in [0.25, 0.3) is 0 Å². The van der Waals surface area contributed by atoms with Crippen LogP contribution in [0.3, 0.4) is 0 Å². The van der Waals surface area contributed by atoms with E-state index >= 15 is 0 Å². The monoisotopic (exact) mass is 269 g/mol. The topological polar surface area (TPSA) is 37.8 Å². The van der Waals surface area contributed by atoms with Crippen LogP contribution in [0, 0.1) is 13.8 Å². The minimum absolute atomic E-state index is 0.789. The Morgan fingerprint density at radius 2 is 1.89 bits per heavy atom. The van der Waals surface area contributed by atoms with E-state index in [9.17, 15) is 0 Å². The molecule has 0 unspecified atom stereocenters. The second-order valence-corrected chi connectivity index (χ2v) is 5.77. The Balaban J connectivity index is 2.28. The van der Waals surface area contributed by atoms with Crippen molar-refractivity contribution in [1.82, 2.24) is 9.97 Å². The molecule has 96 valence electrons. The van der Waals surface area contributed by atoms with Crippen molar-refractivity contribution in [2.75, 3.05) is 12.4 Å². The summed E-state index contributed by atoms with van der Waals surface area (Å²) in [7, 11) is 1.90. The molecule has 0 aliphatic rings. The fraction of sp³-hybridized carbons (Fsp3) is 0.200. The Hall–Kier alpha value is -1.94. The first-order valence-corrected chi connectivity index (χ1v) is 7.02. The molecule has 0 aliphatic carbocycles. The van der Waals surface area contributed by atoms with Crippen molar-refractivity contribution in [3.05, 3.63) is 40.8 Å². The van der Waals surface area contributed by atoms with Crippen molar-refractivity contribution < 1.29 is 0 Å². The highest BCUT2D eigenvalue weighted by Gasteiger charge is 2.11. The zero-order chi connectivity index (χ0) is 13.4. The lowest BCUT2D eigenvalue weighted by Gasteiger charge is -2.07. The number of aryl methyl sites for hydroxylation is 2. The Morgan fingerprint density at radius 3 is 2.63 bits per heavy atom. The van der Waals surface area contributed by atoms with E-state index in [0.717, 1.165) is 27.4 Å². The second kappa shape index (κ2) is 4.63. The van der Waals surface area contributed by atoms with Crippen LogP contribution in [-0.2, 0) is 0 Å². The van der Waals surface area contributed by atoms with E-state index in [0.29, 0.717) is 0 Å². The summed E-state index contributed by atoms with van der Waals surface area (Å²) < 4.78 is 0. The third kappa shape index (κ3) is 2.08. The normalized spacial score (nSPS) is 10.9. The van der Waals surface area contributed by atoms with Gasteiger partial charge in [0, 0.05) is 17.5 Å². The summed E-state index contributed by atoms with van der Waals surface area (Å²) in [5.41, 5.74) is 2.28. The average molecular weight is 269 g/mol. The fourth-order valence-electron chi connectivity index (χ4n) is 2.18. The van der Waals surface area contributed by atoms with Crippen molar-refractivity contribution in [3.63, 3.8) is 0 Å². The molecule has 0 atom stereocenters. The fourth-order valence-corrected chi connectivity index (χ4v) is 3.06. The van der Waals surface area contributed by atoms with Crippen LogP contribution in [0.25, 0.3) is 21.6 Å². The minimum atomic E-state index is 0.789. The highest BCUT2D eigenvalue weighted by atomic mass is 32.1. The van der Waals surface area contributed by atoms with E-state index in [1.165, 1.54) is 10.4 Å². The number of nitrogens with one attached hydrogen (secondary N) is 1. The number of hydrogen-bond donors (Lipinski definition) is 1. The van der Waals surface area contributed by atoms with E-state index in [1.54, 1.807) is 11.3 Å². The van der Waals surface area contributed by atoms with Crippen LogP contribution in [0.15, 0.2) is 30.3 Å². The molecular weight excluding hydrogens is 254 g/mol. The van der Waals surface area contributed by atoms with Gasteiger partial charge in [-0.1, -0.05) is 24.3 Å². The Kier molecular flexibility index (Phi) is 2.95. The van der Waals surface area contributed by atoms with E-state index < -0.39 is 0 Å². The number of aromatic nitrogens is 2. The van der Waals surface area contributed by atoms with Gasteiger partial charge < -0.3 is 5.32 Å². The molecule has 3 nitrogen and oxygen atoms in total. The average Bonchev–Trinajstić information content (AvgIpc) is 2.78. The molecule has 0 radical (unpaired) electrons. The van der Waals surface area contributed by atoms with E-state index in [4.69, 9.17) is 4.98 Å². The second-order valence-electron chi connectivity index (χ2n) is 4.54. The zero-order valence-electron chi connectivity index (χ0n) is 11.2. The molecule has 0 amide bonds. The Morgan fingerprint density at radius 1 is 1.11 bits per heavy atom. The molecule has 1 N–H and O–H groups in total. The van der Waals surface area contributed by atoms with Gasteiger partial charge in [-0.2, -0.15) is 0 Å². The number of rotatable bonds is 2. The van der Waals surface area contributed by atoms with Crippen LogP contribution in [0.5, 0.6) is 0 Å². The number of benzene rings is 1. The first-order valence-electron chi connectivity index (χ1n) is 6.21. The molecule has 0 aliphatic heterocycles. The van der Waals surface area contributed by atoms with Gasteiger partial charge in [0.05, 0.1) is 5.39 Å². The van der Waals surface area contributed by atoms with Gasteiger partial charge in [-0.25, -0.2) is 9.97 Å². The lowest BCUT2D eigenvalue weighted by atomic mass is 10.1. The van der Waals surface area contributed by atoms with Crippen LogP contribution in [0.1, 0.15) is 10.4 Å². The predicted molar refractivity (Wildman–Crippen MR) is 81.9 cm³/mol. The first-order chi connectivity index (χ1) is 9.19. The van der Waals surface area contributed by atoms with Crippen LogP contribution in [0.4, 0.5) is 5.82 Å². The van der Waals surface area contributed by atoms with Gasteiger partial charge in [-0.05, 0) is 25.5 Å². The van der Waals surface area contributed by atoms with Gasteiger partial charge in [0.15, 0.2) is 5.82 Å². The highest BCUT2D eigenvalue weighted by Crippen LogP contribution is 2.31.